The van der Waals surface area contributed by atoms with E-state index in [1.54, 1.807) is 0 Å². The predicted molar refractivity (Wildman–Crippen MR) is 133 cm³/mol. The zero-order valence-corrected chi connectivity index (χ0v) is 21.3. The molecule has 4 atom stereocenters. The number of phenols is 1. The number of primary amides is 1. The Labute approximate surface area is 218 Å². The van der Waals surface area contributed by atoms with Crippen LogP contribution in [0.1, 0.15) is 27.9 Å². The van der Waals surface area contributed by atoms with Crippen LogP contribution in [0, 0.1) is 11.8 Å². The van der Waals surface area contributed by atoms with Crippen LogP contribution in [0.25, 0.3) is 5.76 Å². The van der Waals surface area contributed by atoms with Crippen molar-refractivity contribution in [3.63, 3.8) is 0 Å². The topological polar surface area (TPSA) is 200 Å². The Hall–Kier alpha value is -3.58. The zero-order chi connectivity index (χ0) is 28.1. The minimum atomic E-state index is -2.71. The molecule has 0 saturated heterocycles. The Balaban J connectivity index is 1.85. The lowest BCUT2D eigenvalue weighted by Gasteiger charge is -2.50. The van der Waals surface area contributed by atoms with Crippen LogP contribution in [0.3, 0.4) is 0 Å². The molecule has 0 spiro atoms. The fourth-order valence-electron chi connectivity index (χ4n) is 5.98. The molecule has 3 aliphatic carbocycles. The number of aliphatic hydroxyl groups excluding tert-OH is 2. The van der Waals surface area contributed by atoms with E-state index in [9.17, 15) is 39.6 Å². The van der Waals surface area contributed by atoms with Gasteiger partial charge in [0, 0.05) is 30.7 Å². The van der Waals surface area contributed by atoms with Gasteiger partial charge in [-0.1, -0.05) is 0 Å². The Kier molecular flexibility index (Phi) is 7.19. The molecule has 0 radical (unpaired) electrons. The Morgan fingerprint density at radius 1 is 1.21 bits per heavy atom. The lowest BCUT2D eigenvalue weighted by Crippen LogP contribution is -2.65. The van der Waals surface area contributed by atoms with Crippen molar-refractivity contribution in [3.8, 4) is 5.75 Å². The number of nitrogens with two attached hydrogens (primary N) is 1. The van der Waals surface area contributed by atoms with Gasteiger partial charge in [-0.25, -0.2) is 0 Å². The van der Waals surface area contributed by atoms with Gasteiger partial charge in [-0.15, -0.1) is 0 Å². The van der Waals surface area contributed by atoms with Crippen LogP contribution in [0.2, 0.25) is 0 Å². The zero-order valence-electron chi connectivity index (χ0n) is 21.3. The minimum Gasteiger partial charge on any atom is -0.508 e. The van der Waals surface area contributed by atoms with E-state index in [2.05, 4.69) is 5.32 Å². The van der Waals surface area contributed by atoms with E-state index < -0.39 is 58.0 Å². The van der Waals surface area contributed by atoms with Gasteiger partial charge in [0.2, 0.25) is 5.78 Å². The SMILES string of the molecule is COCCNCC(=O)c1ccc(O)c2c1C[C@H]1C[C@H]3[C@H](N(C)C)C(=O)C(C(N)=O)=C(O)[C@@]3(O)C(=O)C1=C2O. The molecule has 1 saturated carbocycles. The number of rotatable bonds is 8. The molecule has 7 N–H and O–H groups in total. The molecule has 3 aliphatic rings. The predicted octanol–water partition coefficient (Wildman–Crippen LogP) is -0.617. The number of ketones is 3. The van der Waals surface area contributed by atoms with E-state index >= 15 is 0 Å². The number of methoxy groups -OCH3 is 1. The Bertz CT molecular complexity index is 1300. The Morgan fingerprint density at radius 2 is 1.89 bits per heavy atom. The highest BCUT2D eigenvalue weighted by atomic mass is 16.5. The number of nitrogens with zero attached hydrogens (tertiary/aromatic N) is 1. The average molecular weight is 530 g/mol. The first-order chi connectivity index (χ1) is 17.9. The quantitative estimate of drug-likeness (QED) is 0.142. The summed E-state index contributed by atoms with van der Waals surface area (Å²) in [5.41, 5.74) is 1.92. The maximum absolute atomic E-state index is 13.8. The molecule has 0 unspecified atom stereocenters. The van der Waals surface area contributed by atoms with Gasteiger partial charge in [-0.05, 0) is 50.6 Å². The number of aliphatic hydroxyl groups is 3. The number of carbonyl (C=O) groups excluding carboxylic acids is 4. The van der Waals surface area contributed by atoms with Crippen molar-refractivity contribution in [1.82, 2.24) is 10.2 Å². The number of hydrogen-bond donors (Lipinski definition) is 6. The Morgan fingerprint density at radius 3 is 2.50 bits per heavy atom. The maximum Gasteiger partial charge on any atom is 0.255 e. The molecular formula is C26H31N3O9. The van der Waals surface area contributed by atoms with Crippen molar-refractivity contribution in [2.45, 2.75) is 24.5 Å². The molecule has 1 aromatic rings. The summed E-state index contributed by atoms with van der Waals surface area (Å²) in [7, 11) is 4.59. The molecule has 1 amide bonds. The van der Waals surface area contributed by atoms with Gasteiger partial charge in [0.25, 0.3) is 5.91 Å². The van der Waals surface area contributed by atoms with Crippen LogP contribution >= 0.6 is 0 Å². The number of amides is 1. The van der Waals surface area contributed by atoms with E-state index in [1.165, 1.54) is 38.2 Å². The molecule has 4 rings (SSSR count). The summed E-state index contributed by atoms with van der Waals surface area (Å²) in [5.74, 6) is -7.64. The van der Waals surface area contributed by atoms with E-state index in [-0.39, 0.29) is 47.6 Å². The molecule has 0 bridgehead atoms. The van der Waals surface area contributed by atoms with Crippen molar-refractivity contribution in [3.05, 3.63) is 45.7 Å². The largest absolute Gasteiger partial charge is 0.508 e. The molecule has 1 fully saturated rings. The average Bonchev–Trinajstić information content (AvgIpc) is 2.83. The highest BCUT2D eigenvalue weighted by Gasteiger charge is 2.64. The van der Waals surface area contributed by atoms with Crippen molar-refractivity contribution < 1.29 is 44.3 Å². The first-order valence-electron chi connectivity index (χ1n) is 12.1. The summed E-state index contributed by atoms with van der Waals surface area (Å²) in [6.07, 6.45) is -0.0107. The summed E-state index contributed by atoms with van der Waals surface area (Å²) in [5, 5.41) is 47.2. The number of carbonyl (C=O) groups is 4. The molecule has 204 valence electrons. The monoisotopic (exact) mass is 529 g/mol. The lowest BCUT2D eigenvalue weighted by molar-refractivity contribution is -0.153. The van der Waals surface area contributed by atoms with Crippen molar-refractivity contribution in [2.24, 2.45) is 17.6 Å². The smallest absolute Gasteiger partial charge is 0.255 e. The third-order valence-corrected chi connectivity index (χ3v) is 7.67. The summed E-state index contributed by atoms with van der Waals surface area (Å²) >= 11 is 0. The number of benzene rings is 1. The number of phenolic OH excluding ortho intramolecular Hbond substituents is 1. The van der Waals surface area contributed by atoms with Crippen LogP contribution in [-0.2, 0) is 25.5 Å². The first kappa shape index (κ1) is 27.5. The second-order valence-corrected chi connectivity index (χ2v) is 10.0. The van der Waals surface area contributed by atoms with Gasteiger partial charge in [0.05, 0.1) is 24.8 Å². The van der Waals surface area contributed by atoms with Crippen molar-refractivity contribution in [1.29, 1.82) is 0 Å². The van der Waals surface area contributed by atoms with Gasteiger partial charge in [-0.2, -0.15) is 0 Å². The third-order valence-electron chi connectivity index (χ3n) is 7.67. The molecule has 12 nitrogen and oxygen atoms in total. The van der Waals surface area contributed by atoms with Crippen LogP contribution in [0.5, 0.6) is 5.75 Å². The molecule has 0 aromatic heterocycles. The summed E-state index contributed by atoms with van der Waals surface area (Å²) in [6.45, 7) is 0.794. The van der Waals surface area contributed by atoms with Gasteiger partial charge in [0.15, 0.2) is 17.2 Å². The van der Waals surface area contributed by atoms with Crippen molar-refractivity contribution >= 4 is 29.0 Å². The number of aromatic hydroxyl groups is 1. The number of Topliss-reactive ketones (excluding diaryl/α,β-unsaturated/α-hetero) is 3. The summed E-state index contributed by atoms with van der Waals surface area (Å²) < 4.78 is 4.96. The fraction of sp³-hybridized carbons (Fsp3) is 0.462. The van der Waals surface area contributed by atoms with Gasteiger partial charge in [-0.3, -0.25) is 24.1 Å². The highest BCUT2D eigenvalue weighted by molar-refractivity contribution is 6.24. The van der Waals surface area contributed by atoms with Crippen LogP contribution in [0.4, 0.5) is 0 Å². The van der Waals surface area contributed by atoms with Gasteiger partial charge < -0.3 is 36.2 Å². The third kappa shape index (κ3) is 4.00. The first-order valence-corrected chi connectivity index (χ1v) is 12.1. The van der Waals surface area contributed by atoms with E-state index in [0.29, 0.717) is 18.7 Å². The summed E-state index contributed by atoms with van der Waals surface area (Å²) in [4.78, 5) is 53.4. The lowest BCUT2D eigenvalue weighted by atomic mass is 9.57. The number of hydrogen-bond acceptors (Lipinski definition) is 11. The normalized spacial score (nSPS) is 26.8. The van der Waals surface area contributed by atoms with E-state index in [0.717, 1.165) is 0 Å². The molecule has 38 heavy (non-hydrogen) atoms. The van der Waals surface area contributed by atoms with Crippen LogP contribution in [0.15, 0.2) is 29.0 Å². The molecule has 0 heterocycles. The molecular weight excluding hydrogens is 498 g/mol. The number of nitrogens with one attached hydrogen (secondary N) is 1. The van der Waals surface area contributed by atoms with Crippen LogP contribution in [-0.4, -0.2) is 101 Å². The minimum absolute atomic E-state index is 0.0321. The number of fused-ring (bicyclic) bond motifs is 3. The second-order valence-electron chi connectivity index (χ2n) is 10.0. The molecule has 0 aliphatic heterocycles. The van der Waals surface area contributed by atoms with E-state index in [1.807, 2.05) is 0 Å². The maximum atomic E-state index is 13.8. The highest BCUT2D eigenvalue weighted by Crippen LogP contribution is 2.52. The van der Waals surface area contributed by atoms with Gasteiger partial charge in [0.1, 0.15) is 22.8 Å². The van der Waals surface area contributed by atoms with Crippen LogP contribution < -0.4 is 11.1 Å². The number of likely N-dealkylation sites (N-methyl/N-ethyl adjacent to an activating group) is 1. The summed E-state index contributed by atoms with van der Waals surface area (Å²) in [6, 6.07) is 1.49. The number of ether oxygens (including phenoxy) is 1. The van der Waals surface area contributed by atoms with E-state index in [4.69, 9.17) is 10.5 Å². The van der Waals surface area contributed by atoms with Gasteiger partial charge >= 0.3 is 0 Å². The van der Waals surface area contributed by atoms with Crippen molar-refractivity contribution in [2.75, 3.05) is 40.9 Å². The second kappa shape index (κ2) is 9.95. The standard InChI is InChI=1S/C26H31N3O9/c1-29(2)20-14-9-11-8-13-12(16(31)10-28-6-7-38-3)4-5-15(30)18(13)21(32)17(11)23(34)26(14,37)24(35)19(22(20)33)25(27)36/h4-5,11,14,20,28,30,32,35,37H,6-10H2,1-3H3,(H2,27,36)/t11-,14-,20-,26-/m0/s1. The fourth-order valence-corrected chi connectivity index (χ4v) is 5.98. The molecule has 1 aromatic carbocycles. The molecule has 12 heteroatoms.